The van der Waals surface area contributed by atoms with Gasteiger partial charge in [0.05, 0.1) is 17.3 Å². The fourth-order valence-electron chi connectivity index (χ4n) is 2.58. The number of fused-ring (bicyclic) bond motifs is 1. The largest absolute Gasteiger partial charge is 0.481 e. The predicted molar refractivity (Wildman–Crippen MR) is 83.4 cm³/mol. The molecule has 21 heavy (non-hydrogen) atoms. The Morgan fingerprint density at radius 2 is 2.43 bits per heavy atom. The van der Waals surface area contributed by atoms with E-state index in [4.69, 9.17) is 5.11 Å². The first-order valence-corrected chi connectivity index (χ1v) is 8.45. The highest BCUT2D eigenvalue weighted by Crippen LogP contribution is 2.27. The highest BCUT2D eigenvalue weighted by molar-refractivity contribution is 7.99. The normalized spacial score (nSPS) is 19.4. The van der Waals surface area contributed by atoms with E-state index in [2.05, 4.69) is 9.88 Å². The molecule has 1 fully saturated rings. The third-order valence-corrected chi connectivity index (χ3v) is 5.37. The van der Waals surface area contributed by atoms with Crippen LogP contribution in [0.4, 0.5) is 0 Å². The van der Waals surface area contributed by atoms with E-state index >= 15 is 0 Å². The number of aliphatic carboxylic acids is 1. The number of aromatic nitrogens is 2. The van der Waals surface area contributed by atoms with Crippen molar-refractivity contribution in [1.29, 1.82) is 0 Å². The highest BCUT2D eigenvalue weighted by Gasteiger charge is 2.26. The van der Waals surface area contributed by atoms with Crippen LogP contribution in [-0.4, -0.2) is 51.4 Å². The summed E-state index contributed by atoms with van der Waals surface area (Å²) < 4.78 is 2.33. The van der Waals surface area contributed by atoms with Gasteiger partial charge in [0.25, 0.3) is 5.56 Å². The summed E-state index contributed by atoms with van der Waals surface area (Å²) in [6, 6.07) is 1.87. The average molecular weight is 325 g/mol. The second-order valence-electron chi connectivity index (χ2n) is 5.09. The number of thioether (sulfide) groups is 1. The van der Waals surface area contributed by atoms with E-state index in [0.29, 0.717) is 15.4 Å². The van der Waals surface area contributed by atoms with E-state index in [1.807, 2.05) is 12.4 Å². The van der Waals surface area contributed by atoms with Crippen LogP contribution in [0.2, 0.25) is 0 Å². The van der Waals surface area contributed by atoms with Gasteiger partial charge in [-0.1, -0.05) is 11.8 Å². The summed E-state index contributed by atoms with van der Waals surface area (Å²) in [7, 11) is 2.02. The maximum absolute atomic E-state index is 12.7. The SMILES string of the molecule is CN1CCC(n2c(SCC(=O)O)nc3ccsc3c2=O)C1. The molecule has 0 aromatic carbocycles. The number of carbonyl (C=O) groups is 1. The number of thiophene rings is 1. The molecule has 0 bridgehead atoms. The lowest BCUT2D eigenvalue weighted by molar-refractivity contribution is -0.133. The molecule has 2 aromatic heterocycles. The molecule has 1 unspecified atom stereocenters. The molecule has 3 heterocycles. The van der Waals surface area contributed by atoms with Crippen LogP contribution < -0.4 is 5.56 Å². The Labute approximate surface area is 129 Å². The Balaban J connectivity index is 2.09. The van der Waals surface area contributed by atoms with Crippen LogP contribution in [-0.2, 0) is 4.79 Å². The Bertz CT molecular complexity index is 740. The summed E-state index contributed by atoms with van der Waals surface area (Å²) in [5, 5.41) is 11.2. The third kappa shape index (κ3) is 2.83. The van der Waals surface area contributed by atoms with Gasteiger partial charge in [-0.3, -0.25) is 14.2 Å². The number of likely N-dealkylation sites (tertiary alicyclic amines) is 1. The first kappa shape index (κ1) is 14.6. The molecule has 1 atom stereocenters. The molecule has 0 amide bonds. The minimum Gasteiger partial charge on any atom is -0.481 e. The highest BCUT2D eigenvalue weighted by atomic mass is 32.2. The van der Waals surface area contributed by atoms with Crippen molar-refractivity contribution in [3.8, 4) is 0 Å². The lowest BCUT2D eigenvalue weighted by atomic mass is 10.2. The first-order chi connectivity index (χ1) is 10.1. The third-order valence-electron chi connectivity index (χ3n) is 3.54. The predicted octanol–water partition coefficient (Wildman–Crippen LogP) is 1.51. The smallest absolute Gasteiger partial charge is 0.313 e. The molecule has 6 nitrogen and oxygen atoms in total. The minimum atomic E-state index is -0.908. The number of carboxylic acids is 1. The number of rotatable bonds is 4. The van der Waals surface area contributed by atoms with Crippen LogP contribution in [0.25, 0.3) is 10.2 Å². The molecule has 1 saturated heterocycles. The number of carboxylic acid groups (broad SMARTS) is 1. The molecule has 0 radical (unpaired) electrons. The second kappa shape index (κ2) is 5.78. The van der Waals surface area contributed by atoms with Crippen molar-refractivity contribution in [3.05, 3.63) is 21.8 Å². The van der Waals surface area contributed by atoms with Crippen molar-refractivity contribution in [2.75, 3.05) is 25.9 Å². The molecule has 3 rings (SSSR count). The van der Waals surface area contributed by atoms with Crippen LogP contribution in [0, 0.1) is 0 Å². The van der Waals surface area contributed by atoms with Gasteiger partial charge in [0.15, 0.2) is 5.16 Å². The monoisotopic (exact) mass is 325 g/mol. The average Bonchev–Trinajstić information content (AvgIpc) is 3.05. The van der Waals surface area contributed by atoms with Gasteiger partial charge in [-0.05, 0) is 31.5 Å². The Morgan fingerprint density at radius 1 is 1.62 bits per heavy atom. The summed E-state index contributed by atoms with van der Waals surface area (Å²) in [5.41, 5.74) is 0.601. The molecule has 0 saturated carbocycles. The van der Waals surface area contributed by atoms with Crippen LogP contribution in [0.5, 0.6) is 0 Å². The van der Waals surface area contributed by atoms with Crippen LogP contribution in [0.15, 0.2) is 21.4 Å². The fourth-order valence-corrected chi connectivity index (χ4v) is 4.13. The lowest BCUT2D eigenvalue weighted by Gasteiger charge is -2.17. The number of hydrogen-bond acceptors (Lipinski definition) is 6. The van der Waals surface area contributed by atoms with Gasteiger partial charge in [-0.2, -0.15) is 0 Å². The Morgan fingerprint density at radius 3 is 3.10 bits per heavy atom. The molecular weight excluding hydrogens is 310 g/mol. The zero-order valence-corrected chi connectivity index (χ0v) is 13.1. The first-order valence-electron chi connectivity index (χ1n) is 6.59. The Kier molecular flexibility index (Phi) is 4.01. The van der Waals surface area contributed by atoms with E-state index in [0.717, 1.165) is 31.3 Å². The molecule has 8 heteroatoms. The maximum atomic E-state index is 12.7. The molecule has 1 aliphatic heterocycles. The summed E-state index contributed by atoms with van der Waals surface area (Å²) in [6.07, 6.45) is 0.885. The quantitative estimate of drug-likeness (QED) is 0.678. The molecule has 1 aliphatic rings. The van der Waals surface area contributed by atoms with E-state index in [1.165, 1.54) is 11.3 Å². The van der Waals surface area contributed by atoms with E-state index in [-0.39, 0.29) is 17.4 Å². The Hall–Kier alpha value is -1.38. The van der Waals surface area contributed by atoms with Crippen LogP contribution in [0.3, 0.4) is 0 Å². The molecular formula is C13H15N3O3S2. The molecule has 112 valence electrons. The fraction of sp³-hybridized carbons (Fsp3) is 0.462. The maximum Gasteiger partial charge on any atom is 0.313 e. The van der Waals surface area contributed by atoms with Crippen molar-refractivity contribution < 1.29 is 9.90 Å². The van der Waals surface area contributed by atoms with Gasteiger partial charge < -0.3 is 10.0 Å². The van der Waals surface area contributed by atoms with Gasteiger partial charge in [0, 0.05) is 6.54 Å². The zero-order chi connectivity index (χ0) is 15.0. The van der Waals surface area contributed by atoms with E-state index in [9.17, 15) is 9.59 Å². The lowest BCUT2D eigenvalue weighted by Crippen LogP contribution is -2.29. The summed E-state index contributed by atoms with van der Waals surface area (Å²) >= 11 is 2.50. The van der Waals surface area contributed by atoms with Crippen LogP contribution in [0.1, 0.15) is 12.5 Å². The van der Waals surface area contributed by atoms with Gasteiger partial charge in [-0.15, -0.1) is 11.3 Å². The molecule has 0 spiro atoms. The van der Waals surface area contributed by atoms with Crippen molar-refractivity contribution >= 4 is 39.3 Å². The summed E-state index contributed by atoms with van der Waals surface area (Å²) in [5.74, 6) is -1.00. The molecule has 2 aromatic rings. The van der Waals surface area contributed by atoms with Crippen molar-refractivity contribution in [2.24, 2.45) is 0 Å². The second-order valence-corrected chi connectivity index (χ2v) is 6.95. The van der Waals surface area contributed by atoms with Gasteiger partial charge in [0.1, 0.15) is 4.70 Å². The molecule has 1 N–H and O–H groups in total. The zero-order valence-electron chi connectivity index (χ0n) is 11.5. The van der Waals surface area contributed by atoms with Crippen molar-refractivity contribution in [3.63, 3.8) is 0 Å². The summed E-state index contributed by atoms with van der Waals surface area (Å²) in [6.45, 7) is 1.72. The number of likely N-dealkylation sites (N-methyl/N-ethyl adjacent to an activating group) is 1. The minimum absolute atomic E-state index is 0.0526. The number of nitrogens with zero attached hydrogens (tertiary/aromatic N) is 3. The number of hydrogen-bond donors (Lipinski definition) is 1. The summed E-state index contributed by atoms with van der Waals surface area (Å²) in [4.78, 5) is 30.2. The van der Waals surface area contributed by atoms with Crippen molar-refractivity contribution in [1.82, 2.24) is 14.5 Å². The van der Waals surface area contributed by atoms with Crippen molar-refractivity contribution in [2.45, 2.75) is 17.6 Å². The standard InChI is InChI=1S/C13H15N3O3S2/c1-15-4-2-8(6-15)16-12(19)11-9(3-5-20-11)14-13(16)21-7-10(17)18/h3,5,8H,2,4,6-7H2,1H3,(H,17,18). The van der Waals surface area contributed by atoms with Gasteiger partial charge >= 0.3 is 5.97 Å². The van der Waals surface area contributed by atoms with E-state index in [1.54, 1.807) is 10.6 Å². The van der Waals surface area contributed by atoms with Gasteiger partial charge in [0.2, 0.25) is 0 Å². The molecule has 0 aliphatic carbocycles. The van der Waals surface area contributed by atoms with Gasteiger partial charge in [-0.25, -0.2) is 4.98 Å². The topological polar surface area (TPSA) is 75.4 Å². The van der Waals surface area contributed by atoms with E-state index < -0.39 is 5.97 Å². The van der Waals surface area contributed by atoms with Crippen LogP contribution >= 0.6 is 23.1 Å².